The van der Waals surface area contributed by atoms with Gasteiger partial charge < -0.3 is 9.72 Å². The molecule has 3 rings (SSSR count). The minimum absolute atomic E-state index is 0.105. The highest BCUT2D eigenvalue weighted by Crippen LogP contribution is 2.22. The third-order valence-electron chi connectivity index (χ3n) is 3.04. The highest BCUT2D eigenvalue weighted by Gasteiger charge is 2.05. The van der Waals surface area contributed by atoms with Crippen molar-refractivity contribution < 1.29 is 4.74 Å². The first-order chi connectivity index (χ1) is 9.28. The van der Waals surface area contributed by atoms with Gasteiger partial charge in [-0.15, -0.1) is 0 Å². The molecule has 0 amide bonds. The highest BCUT2D eigenvalue weighted by atomic mass is 16.5. The number of ether oxygens (including phenoxy) is 1. The van der Waals surface area contributed by atoms with Gasteiger partial charge in [-0.05, 0) is 41.8 Å². The normalized spacial score (nSPS) is 10.6. The van der Waals surface area contributed by atoms with Crippen LogP contribution in [0.1, 0.15) is 0 Å². The molecule has 1 aromatic carbocycles. The van der Waals surface area contributed by atoms with Gasteiger partial charge in [-0.2, -0.15) is 0 Å². The lowest BCUT2D eigenvalue weighted by Gasteiger charge is -2.05. The fourth-order valence-corrected chi connectivity index (χ4v) is 2.06. The molecule has 0 unspecified atom stereocenters. The van der Waals surface area contributed by atoms with Crippen LogP contribution in [0.15, 0.2) is 53.6 Å². The van der Waals surface area contributed by atoms with E-state index in [9.17, 15) is 4.79 Å². The van der Waals surface area contributed by atoms with Gasteiger partial charge in [-0.25, -0.2) is 0 Å². The van der Waals surface area contributed by atoms with Crippen molar-refractivity contribution in [2.45, 2.75) is 0 Å². The molecule has 94 valence electrons. The van der Waals surface area contributed by atoms with E-state index in [1.165, 1.54) is 0 Å². The maximum Gasteiger partial charge on any atom is 0.256 e. The Kier molecular flexibility index (Phi) is 2.76. The van der Waals surface area contributed by atoms with E-state index in [1.54, 1.807) is 31.6 Å². The zero-order valence-electron chi connectivity index (χ0n) is 10.4. The van der Waals surface area contributed by atoms with Gasteiger partial charge in [0.05, 0.1) is 7.11 Å². The van der Waals surface area contributed by atoms with Crippen molar-refractivity contribution in [3.63, 3.8) is 0 Å². The van der Waals surface area contributed by atoms with Crippen LogP contribution in [-0.4, -0.2) is 17.1 Å². The second-order valence-corrected chi connectivity index (χ2v) is 4.20. The molecule has 3 aromatic rings. The quantitative estimate of drug-likeness (QED) is 0.762. The summed E-state index contributed by atoms with van der Waals surface area (Å²) in [7, 11) is 1.61. The van der Waals surface area contributed by atoms with Crippen LogP contribution in [-0.2, 0) is 0 Å². The van der Waals surface area contributed by atoms with Gasteiger partial charge in [-0.1, -0.05) is 0 Å². The van der Waals surface area contributed by atoms with Crippen molar-refractivity contribution in [2.24, 2.45) is 0 Å². The monoisotopic (exact) mass is 252 g/mol. The zero-order valence-corrected chi connectivity index (χ0v) is 10.4. The fraction of sp³-hybridized carbons (Fsp3) is 0.0667. The number of nitrogens with zero attached hydrogens (tertiary/aromatic N) is 1. The summed E-state index contributed by atoms with van der Waals surface area (Å²) in [4.78, 5) is 18.9. The van der Waals surface area contributed by atoms with E-state index < -0.39 is 0 Å². The Hall–Kier alpha value is -2.62. The molecule has 1 N–H and O–H groups in total. The summed E-state index contributed by atoms with van der Waals surface area (Å²) < 4.78 is 5.19. The number of pyridine rings is 2. The van der Waals surface area contributed by atoms with Crippen molar-refractivity contribution in [2.75, 3.05) is 7.11 Å². The minimum atomic E-state index is -0.105. The lowest BCUT2D eigenvalue weighted by Crippen LogP contribution is -2.07. The van der Waals surface area contributed by atoms with E-state index in [0.29, 0.717) is 5.39 Å². The summed E-state index contributed by atoms with van der Waals surface area (Å²) in [6.07, 6.45) is 3.40. The number of methoxy groups -OCH3 is 1. The van der Waals surface area contributed by atoms with Crippen molar-refractivity contribution in [3.8, 4) is 17.0 Å². The molecule has 0 aliphatic rings. The van der Waals surface area contributed by atoms with E-state index >= 15 is 0 Å². The first-order valence-corrected chi connectivity index (χ1v) is 5.89. The number of aromatic nitrogens is 2. The third-order valence-corrected chi connectivity index (χ3v) is 3.04. The number of benzene rings is 1. The van der Waals surface area contributed by atoms with E-state index in [-0.39, 0.29) is 5.56 Å². The Balaban J connectivity index is 2.26. The second kappa shape index (κ2) is 4.57. The van der Waals surface area contributed by atoms with Crippen LogP contribution >= 0.6 is 0 Å². The molecule has 0 bridgehead atoms. The van der Waals surface area contributed by atoms with Crippen LogP contribution in [0.4, 0.5) is 0 Å². The van der Waals surface area contributed by atoms with Crippen LogP contribution in [0, 0.1) is 0 Å². The molecular weight excluding hydrogens is 240 g/mol. The van der Waals surface area contributed by atoms with Gasteiger partial charge in [-0.3, -0.25) is 9.78 Å². The van der Waals surface area contributed by atoms with Gasteiger partial charge in [0.25, 0.3) is 5.56 Å². The van der Waals surface area contributed by atoms with Crippen molar-refractivity contribution in [3.05, 3.63) is 59.1 Å². The molecule has 2 heterocycles. The van der Waals surface area contributed by atoms with Crippen LogP contribution in [0.3, 0.4) is 0 Å². The summed E-state index contributed by atoms with van der Waals surface area (Å²) in [5.41, 5.74) is 1.59. The molecule has 0 aliphatic carbocycles. The van der Waals surface area contributed by atoms with Crippen molar-refractivity contribution in [1.82, 2.24) is 9.97 Å². The molecule has 2 aromatic heterocycles. The summed E-state index contributed by atoms with van der Waals surface area (Å²) in [6.45, 7) is 0. The smallest absolute Gasteiger partial charge is 0.256 e. The molecule has 0 atom stereocenters. The van der Waals surface area contributed by atoms with Crippen molar-refractivity contribution in [1.29, 1.82) is 0 Å². The molecule has 0 aliphatic heterocycles. The minimum Gasteiger partial charge on any atom is -0.497 e. The zero-order chi connectivity index (χ0) is 13.2. The van der Waals surface area contributed by atoms with Gasteiger partial charge in [0.1, 0.15) is 5.75 Å². The average Bonchev–Trinajstić information content (AvgIpc) is 2.47. The maximum absolute atomic E-state index is 12.1. The Morgan fingerprint density at radius 3 is 2.63 bits per heavy atom. The topological polar surface area (TPSA) is 55.0 Å². The molecule has 0 spiro atoms. The molecule has 19 heavy (non-hydrogen) atoms. The van der Waals surface area contributed by atoms with Gasteiger partial charge in [0.2, 0.25) is 0 Å². The number of aromatic amines is 1. The van der Waals surface area contributed by atoms with E-state index in [4.69, 9.17) is 4.74 Å². The largest absolute Gasteiger partial charge is 0.497 e. The van der Waals surface area contributed by atoms with E-state index in [1.807, 2.05) is 24.3 Å². The van der Waals surface area contributed by atoms with E-state index in [0.717, 1.165) is 22.4 Å². The summed E-state index contributed by atoms with van der Waals surface area (Å²) >= 11 is 0. The molecule has 4 nitrogen and oxygen atoms in total. The second-order valence-electron chi connectivity index (χ2n) is 4.20. The van der Waals surface area contributed by atoms with Crippen LogP contribution in [0.2, 0.25) is 0 Å². The standard InChI is InChI=1S/C15H12N2O2/c1-19-12-2-3-13-11(8-12)9-14(17-15(13)18)10-4-6-16-7-5-10/h2-9H,1H3,(H,17,18). The van der Waals surface area contributed by atoms with Crippen LogP contribution in [0.5, 0.6) is 5.75 Å². The number of nitrogens with one attached hydrogen (secondary N) is 1. The summed E-state index contributed by atoms with van der Waals surface area (Å²) in [5, 5.41) is 1.51. The first kappa shape index (κ1) is 11.5. The maximum atomic E-state index is 12.1. The fourth-order valence-electron chi connectivity index (χ4n) is 2.06. The number of H-pyrrole nitrogens is 1. The number of hydrogen-bond acceptors (Lipinski definition) is 3. The Morgan fingerprint density at radius 2 is 1.89 bits per heavy atom. The Morgan fingerprint density at radius 1 is 1.11 bits per heavy atom. The van der Waals surface area contributed by atoms with Crippen LogP contribution in [0.25, 0.3) is 22.0 Å². The Labute approximate surface area is 109 Å². The van der Waals surface area contributed by atoms with Gasteiger partial charge >= 0.3 is 0 Å². The lowest BCUT2D eigenvalue weighted by atomic mass is 10.1. The molecule has 0 fully saturated rings. The van der Waals surface area contributed by atoms with E-state index in [2.05, 4.69) is 9.97 Å². The Bertz CT molecular complexity index is 779. The lowest BCUT2D eigenvalue weighted by molar-refractivity contribution is 0.415. The molecular formula is C15H12N2O2. The molecule has 0 radical (unpaired) electrons. The number of hydrogen-bond donors (Lipinski definition) is 1. The molecule has 0 saturated heterocycles. The molecule has 0 saturated carbocycles. The van der Waals surface area contributed by atoms with Gasteiger partial charge in [0, 0.05) is 29.0 Å². The van der Waals surface area contributed by atoms with Crippen LogP contribution < -0.4 is 10.3 Å². The third kappa shape index (κ3) is 2.08. The predicted molar refractivity (Wildman–Crippen MR) is 74.4 cm³/mol. The van der Waals surface area contributed by atoms with Gasteiger partial charge in [0.15, 0.2) is 0 Å². The molecule has 4 heteroatoms. The summed E-state index contributed by atoms with van der Waals surface area (Å²) in [6, 6.07) is 11.1. The SMILES string of the molecule is COc1ccc2c(=O)[nH]c(-c3ccncc3)cc2c1. The summed E-state index contributed by atoms with van der Waals surface area (Å²) in [5.74, 6) is 0.735. The average molecular weight is 252 g/mol. The number of fused-ring (bicyclic) bond motifs is 1. The predicted octanol–water partition coefficient (Wildman–Crippen LogP) is 2.60. The first-order valence-electron chi connectivity index (χ1n) is 5.89. The van der Waals surface area contributed by atoms with Crippen molar-refractivity contribution >= 4 is 10.8 Å². The number of rotatable bonds is 2. The highest BCUT2D eigenvalue weighted by molar-refractivity contribution is 5.86.